The summed E-state index contributed by atoms with van der Waals surface area (Å²) >= 11 is 0. The molecule has 10 N–H and O–H groups in total. The van der Waals surface area contributed by atoms with E-state index in [2.05, 4.69) is 20.4 Å². The van der Waals surface area contributed by atoms with Gasteiger partial charge < -0.3 is 42.5 Å². The van der Waals surface area contributed by atoms with Crippen LogP contribution in [-0.4, -0.2) is 65.8 Å². The summed E-state index contributed by atoms with van der Waals surface area (Å²) in [6.45, 7) is 0.473. The number of guanidine groups is 1. The third-order valence-corrected chi connectivity index (χ3v) is 8.35. The Balaban J connectivity index is 1.34. The Hall–Kier alpha value is -6.48. The molecular formula is C37H42N10O5. The molecule has 15 heteroatoms. The summed E-state index contributed by atoms with van der Waals surface area (Å²) in [4.78, 5) is 34.5. The molecule has 2 atom stereocenters. The third-order valence-electron chi connectivity index (χ3n) is 8.35. The Morgan fingerprint density at radius 3 is 2.54 bits per heavy atom. The first-order valence-electron chi connectivity index (χ1n) is 16.4. The van der Waals surface area contributed by atoms with Crippen LogP contribution < -0.4 is 37.7 Å². The minimum absolute atomic E-state index is 0.0333. The molecule has 0 spiro atoms. The summed E-state index contributed by atoms with van der Waals surface area (Å²) in [7, 11) is 3.06. The van der Waals surface area contributed by atoms with Gasteiger partial charge in [-0.25, -0.2) is 9.99 Å². The molecule has 15 nitrogen and oxygen atoms in total. The maximum absolute atomic E-state index is 13.9. The van der Waals surface area contributed by atoms with E-state index in [1.54, 1.807) is 18.5 Å². The molecule has 3 aromatic carbocycles. The molecule has 0 saturated heterocycles. The second-order valence-corrected chi connectivity index (χ2v) is 12.0. The van der Waals surface area contributed by atoms with Crippen molar-refractivity contribution in [1.82, 2.24) is 20.3 Å². The summed E-state index contributed by atoms with van der Waals surface area (Å²) in [6.07, 6.45) is 7.67. The molecule has 270 valence electrons. The molecule has 0 radical (unpaired) electrons. The fourth-order valence-electron chi connectivity index (χ4n) is 5.73. The normalized spacial score (nSPS) is 14.1. The number of fused-ring (bicyclic) bond motifs is 1. The Bertz CT molecular complexity index is 1980. The highest BCUT2D eigenvalue weighted by Crippen LogP contribution is 2.36. The summed E-state index contributed by atoms with van der Waals surface area (Å²) in [5.41, 5.74) is 28.4. The molecule has 2 unspecified atom stereocenters. The number of hydrogen-bond acceptors (Lipinski definition) is 12. The Labute approximate surface area is 301 Å². The van der Waals surface area contributed by atoms with Crippen LogP contribution in [0.4, 0.5) is 11.8 Å². The summed E-state index contributed by atoms with van der Waals surface area (Å²) in [5.74, 6) is 0.251. The van der Waals surface area contributed by atoms with Crippen molar-refractivity contribution in [3.63, 3.8) is 0 Å². The molecule has 2 heterocycles. The average molecular weight is 707 g/mol. The lowest BCUT2D eigenvalue weighted by molar-refractivity contribution is -0.146. The lowest BCUT2D eigenvalue weighted by Gasteiger charge is -2.31. The van der Waals surface area contributed by atoms with Gasteiger partial charge in [0, 0.05) is 41.9 Å². The van der Waals surface area contributed by atoms with Crippen LogP contribution in [-0.2, 0) is 27.4 Å². The second-order valence-electron chi connectivity index (χ2n) is 12.0. The van der Waals surface area contributed by atoms with Gasteiger partial charge >= 0.3 is 5.97 Å². The first-order valence-corrected chi connectivity index (χ1v) is 16.4. The van der Waals surface area contributed by atoms with Crippen molar-refractivity contribution in [3.05, 3.63) is 112 Å². The van der Waals surface area contributed by atoms with Crippen LogP contribution >= 0.6 is 0 Å². The van der Waals surface area contributed by atoms with Crippen molar-refractivity contribution in [2.45, 2.75) is 38.0 Å². The number of nitrogens with one attached hydrogen (secondary N) is 2. The number of esters is 1. The van der Waals surface area contributed by atoms with Crippen molar-refractivity contribution in [2.75, 3.05) is 32.2 Å². The predicted molar refractivity (Wildman–Crippen MR) is 198 cm³/mol. The summed E-state index contributed by atoms with van der Waals surface area (Å²) in [5, 5.41) is 15.9. The number of nitrogens with zero attached hydrogens (tertiary/aromatic N) is 4. The lowest BCUT2D eigenvalue weighted by atomic mass is 9.92. The molecule has 1 aliphatic rings. The number of rotatable bonds is 14. The smallest absolute Gasteiger partial charge is 0.323 e. The molecule has 0 bridgehead atoms. The van der Waals surface area contributed by atoms with E-state index >= 15 is 0 Å². The van der Waals surface area contributed by atoms with Crippen LogP contribution in [0.25, 0.3) is 6.08 Å². The molecule has 5 rings (SSSR count). The van der Waals surface area contributed by atoms with Crippen LogP contribution in [0.5, 0.6) is 11.5 Å². The van der Waals surface area contributed by atoms with Crippen molar-refractivity contribution >= 4 is 41.9 Å². The molecule has 1 aromatic heterocycles. The van der Waals surface area contributed by atoms with E-state index in [1.165, 1.54) is 25.3 Å². The zero-order valence-electron chi connectivity index (χ0n) is 28.9. The van der Waals surface area contributed by atoms with Gasteiger partial charge in [0.2, 0.25) is 5.95 Å². The van der Waals surface area contributed by atoms with Gasteiger partial charge in [-0.05, 0) is 53.3 Å². The number of hydrazone groups is 1. The average Bonchev–Trinajstić information content (AvgIpc) is 3.15. The fraction of sp³-hybridized carbons (Fsp3) is 0.243. The molecular weight excluding hydrogens is 664 g/mol. The number of ether oxygens (including phenoxy) is 3. The van der Waals surface area contributed by atoms with Crippen LogP contribution in [0, 0.1) is 5.41 Å². The highest BCUT2D eigenvalue weighted by atomic mass is 16.5. The maximum Gasteiger partial charge on any atom is 0.323 e. The van der Waals surface area contributed by atoms with Crippen LogP contribution in [0.3, 0.4) is 0 Å². The third kappa shape index (κ3) is 9.00. The zero-order valence-corrected chi connectivity index (χ0v) is 28.9. The topological polar surface area (TPSA) is 243 Å². The largest absolute Gasteiger partial charge is 0.493 e. The molecule has 0 fully saturated rings. The van der Waals surface area contributed by atoms with E-state index in [0.29, 0.717) is 48.4 Å². The van der Waals surface area contributed by atoms with Gasteiger partial charge in [-0.15, -0.1) is 0 Å². The van der Waals surface area contributed by atoms with Gasteiger partial charge in [-0.3, -0.25) is 15.0 Å². The van der Waals surface area contributed by atoms with Crippen molar-refractivity contribution in [1.29, 1.82) is 5.41 Å². The number of hydrogen-bond donors (Lipinski definition) is 6. The number of methoxy groups -OCH3 is 2. The van der Waals surface area contributed by atoms with E-state index in [-0.39, 0.29) is 30.2 Å². The predicted octanol–water partition coefficient (Wildman–Crippen LogP) is 2.86. The van der Waals surface area contributed by atoms with Gasteiger partial charge in [-0.1, -0.05) is 48.5 Å². The van der Waals surface area contributed by atoms with Gasteiger partial charge in [0.1, 0.15) is 24.5 Å². The minimum atomic E-state index is -0.794. The lowest BCUT2D eigenvalue weighted by Crippen LogP contribution is -2.35. The zero-order chi connectivity index (χ0) is 37.2. The summed E-state index contributed by atoms with van der Waals surface area (Å²) < 4.78 is 16.7. The molecule has 52 heavy (non-hydrogen) atoms. The first-order chi connectivity index (χ1) is 25.1. The number of amides is 1. The molecule has 0 aliphatic carbocycles. The Morgan fingerprint density at radius 1 is 1.06 bits per heavy atom. The van der Waals surface area contributed by atoms with Crippen LogP contribution in [0.2, 0.25) is 0 Å². The second kappa shape index (κ2) is 17.0. The Kier molecular flexibility index (Phi) is 12.0. The van der Waals surface area contributed by atoms with Gasteiger partial charge in [0.25, 0.3) is 5.91 Å². The van der Waals surface area contributed by atoms with E-state index in [1.807, 2.05) is 60.7 Å². The highest BCUT2D eigenvalue weighted by Gasteiger charge is 2.30. The van der Waals surface area contributed by atoms with E-state index in [0.717, 1.165) is 27.8 Å². The molecule has 4 aromatic rings. The minimum Gasteiger partial charge on any atom is -0.493 e. The van der Waals surface area contributed by atoms with E-state index in [9.17, 15) is 9.59 Å². The standard InChI is InChI=1S/C37H42N10O5/c1-50-30-18-23(17-27-19-44-37(42)46-34(27)39)16-25(33(30)51-2)13-14-31(48)47-32(28-7-4-3-6-26(28)20-45-47)24-11-9-22(10-12-24)21-52-35(49)29(38)8-5-15-43-36(40)41/h3-4,6-7,9-14,16,18-20,29,32H,5,8,15,17,21,38H2,1-2H3,(H4,40,41,43)(H4,39,42,44,46). The van der Waals surface area contributed by atoms with Gasteiger partial charge in [0.15, 0.2) is 17.5 Å². The maximum atomic E-state index is 13.9. The number of benzene rings is 3. The van der Waals surface area contributed by atoms with E-state index < -0.39 is 18.1 Å². The number of carbonyl (C=O) groups excluding carboxylic acids is 2. The van der Waals surface area contributed by atoms with Crippen molar-refractivity contribution < 1.29 is 23.8 Å². The SMILES string of the molecule is COc1cc(Cc2cnc(N)nc2N)cc(C=CC(=O)N2N=Cc3ccccc3C2c2ccc(COC(=O)C(N)CCCNC(=N)N)cc2)c1OC. The fourth-order valence-corrected chi connectivity index (χ4v) is 5.73. The quantitative estimate of drug-likeness (QED) is 0.0365. The van der Waals surface area contributed by atoms with Gasteiger partial charge in [0.05, 0.1) is 20.4 Å². The first kappa shape index (κ1) is 36.8. The van der Waals surface area contributed by atoms with Gasteiger partial charge in [-0.2, -0.15) is 10.1 Å². The van der Waals surface area contributed by atoms with Crippen LogP contribution in [0.15, 0.2) is 78.0 Å². The number of nitrogen functional groups attached to an aromatic ring is 2. The van der Waals surface area contributed by atoms with Crippen molar-refractivity contribution in [2.24, 2.45) is 16.6 Å². The molecule has 1 amide bonds. The monoisotopic (exact) mass is 706 g/mol. The van der Waals surface area contributed by atoms with E-state index in [4.69, 9.17) is 42.6 Å². The molecule has 1 aliphatic heterocycles. The van der Waals surface area contributed by atoms with Crippen molar-refractivity contribution in [3.8, 4) is 11.5 Å². The number of aromatic nitrogens is 2. The number of nitrogens with two attached hydrogens (primary N) is 4. The Morgan fingerprint density at radius 2 is 1.83 bits per heavy atom. The highest BCUT2D eigenvalue weighted by molar-refractivity contribution is 5.95. The van der Waals surface area contributed by atoms with Crippen LogP contribution in [0.1, 0.15) is 57.8 Å². The number of anilines is 2. The number of carbonyl (C=O) groups is 2. The molecule has 0 saturated carbocycles. The summed E-state index contributed by atoms with van der Waals surface area (Å²) in [6, 6.07) is 17.5.